The number of carbonyl (C=O) groups excluding carboxylic acids is 1. The van der Waals surface area contributed by atoms with Crippen LogP contribution in [0.4, 0.5) is 11.6 Å². The van der Waals surface area contributed by atoms with Gasteiger partial charge in [-0.25, -0.2) is 9.97 Å². The van der Waals surface area contributed by atoms with Crippen molar-refractivity contribution in [1.29, 1.82) is 0 Å². The predicted molar refractivity (Wildman–Crippen MR) is 98.5 cm³/mol. The number of rotatable bonds is 6. The van der Waals surface area contributed by atoms with Crippen molar-refractivity contribution in [3.05, 3.63) is 47.8 Å². The standard InChI is InChI=1S/C19H26N4O/c1-5-6-11-20-18-21-12-14(13-22-18)17(24)23-16-9-7-15(8-10-16)19(2,3)4/h7-10,12-13H,5-6,11H2,1-4H3,(H,23,24)(H,20,21,22). The van der Waals surface area contributed by atoms with Crippen molar-refractivity contribution < 1.29 is 4.79 Å². The second kappa shape index (κ2) is 7.90. The van der Waals surface area contributed by atoms with E-state index in [9.17, 15) is 4.79 Å². The number of unbranched alkanes of at least 4 members (excludes halogenated alkanes) is 1. The van der Waals surface area contributed by atoms with E-state index in [0.29, 0.717) is 11.5 Å². The Kier molecular flexibility index (Phi) is 5.90. The summed E-state index contributed by atoms with van der Waals surface area (Å²) in [5.41, 5.74) is 2.53. The van der Waals surface area contributed by atoms with Gasteiger partial charge in [-0.05, 0) is 29.5 Å². The van der Waals surface area contributed by atoms with E-state index in [4.69, 9.17) is 0 Å². The Morgan fingerprint density at radius 2 is 1.71 bits per heavy atom. The summed E-state index contributed by atoms with van der Waals surface area (Å²) in [4.78, 5) is 20.6. The van der Waals surface area contributed by atoms with E-state index in [-0.39, 0.29) is 11.3 Å². The summed E-state index contributed by atoms with van der Waals surface area (Å²) < 4.78 is 0. The smallest absolute Gasteiger partial charge is 0.258 e. The van der Waals surface area contributed by atoms with Crippen LogP contribution in [0.2, 0.25) is 0 Å². The molecule has 0 saturated heterocycles. The highest BCUT2D eigenvalue weighted by molar-refractivity contribution is 6.03. The molecular formula is C19H26N4O. The van der Waals surface area contributed by atoms with Gasteiger partial charge >= 0.3 is 0 Å². The SMILES string of the molecule is CCCCNc1ncc(C(=O)Nc2ccc(C(C)(C)C)cc2)cn1. The minimum absolute atomic E-state index is 0.0942. The molecule has 1 aromatic heterocycles. The Balaban J connectivity index is 1.96. The number of amides is 1. The molecule has 0 saturated carbocycles. The van der Waals surface area contributed by atoms with Gasteiger partial charge in [0.2, 0.25) is 5.95 Å². The van der Waals surface area contributed by atoms with E-state index in [1.807, 2.05) is 24.3 Å². The first kappa shape index (κ1) is 17.9. The molecule has 0 bridgehead atoms. The summed E-state index contributed by atoms with van der Waals surface area (Å²) in [7, 11) is 0. The van der Waals surface area contributed by atoms with Crippen LogP contribution in [-0.2, 0) is 5.41 Å². The van der Waals surface area contributed by atoms with Gasteiger partial charge in [0.1, 0.15) is 0 Å². The number of aromatic nitrogens is 2. The van der Waals surface area contributed by atoms with Gasteiger partial charge in [-0.15, -0.1) is 0 Å². The van der Waals surface area contributed by atoms with Gasteiger partial charge in [0.05, 0.1) is 5.56 Å². The van der Waals surface area contributed by atoms with Gasteiger partial charge in [-0.2, -0.15) is 0 Å². The zero-order valence-corrected chi connectivity index (χ0v) is 14.9. The fraction of sp³-hybridized carbons (Fsp3) is 0.421. The quantitative estimate of drug-likeness (QED) is 0.779. The minimum atomic E-state index is -0.210. The average molecular weight is 326 g/mol. The largest absolute Gasteiger partial charge is 0.354 e. The number of carbonyl (C=O) groups is 1. The topological polar surface area (TPSA) is 66.9 Å². The molecule has 1 heterocycles. The number of hydrogen-bond donors (Lipinski definition) is 2. The predicted octanol–water partition coefficient (Wildman–Crippen LogP) is 4.24. The first-order valence-electron chi connectivity index (χ1n) is 8.38. The molecule has 2 aromatic rings. The van der Waals surface area contributed by atoms with Crippen molar-refractivity contribution in [2.24, 2.45) is 0 Å². The summed E-state index contributed by atoms with van der Waals surface area (Å²) in [6.07, 6.45) is 5.26. The van der Waals surface area contributed by atoms with E-state index in [2.05, 4.69) is 48.3 Å². The maximum absolute atomic E-state index is 12.3. The summed E-state index contributed by atoms with van der Waals surface area (Å²) in [6, 6.07) is 7.90. The molecule has 0 unspecified atom stereocenters. The third-order valence-electron chi connectivity index (χ3n) is 3.74. The lowest BCUT2D eigenvalue weighted by Gasteiger charge is -2.19. The molecule has 0 aliphatic carbocycles. The van der Waals surface area contributed by atoms with Gasteiger partial charge in [-0.1, -0.05) is 46.2 Å². The minimum Gasteiger partial charge on any atom is -0.354 e. The number of nitrogens with one attached hydrogen (secondary N) is 2. The van der Waals surface area contributed by atoms with Gasteiger partial charge in [-0.3, -0.25) is 4.79 Å². The van der Waals surface area contributed by atoms with Crippen LogP contribution >= 0.6 is 0 Å². The maximum atomic E-state index is 12.3. The summed E-state index contributed by atoms with van der Waals surface area (Å²) in [5.74, 6) is 0.341. The van der Waals surface area contributed by atoms with Crippen molar-refractivity contribution >= 4 is 17.5 Å². The molecule has 1 aromatic carbocycles. The lowest BCUT2D eigenvalue weighted by Crippen LogP contribution is -2.14. The first-order valence-corrected chi connectivity index (χ1v) is 8.38. The molecule has 0 atom stereocenters. The molecule has 1 amide bonds. The number of benzene rings is 1. The molecule has 24 heavy (non-hydrogen) atoms. The molecule has 5 heteroatoms. The van der Waals surface area contributed by atoms with Crippen molar-refractivity contribution in [2.45, 2.75) is 46.0 Å². The third-order valence-corrected chi connectivity index (χ3v) is 3.74. The van der Waals surface area contributed by atoms with Crippen LogP contribution in [0, 0.1) is 0 Å². The van der Waals surface area contributed by atoms with Gasteiger partial charge in [0, 0.05) is 24.6 Å². The molecule has 0 aliphatic heterocycles. The molecule has 0 spiro atoms. The monoisotopic (exact) mass is 326 g/mol. The lowest BCUT2D eigenvalue weighted by molar-refractivity contribution is 0.102. The molecule has 2 rings (SSSR count). The zero-order chi connectivity index (χ0) is 17.6. The molecule has 128 valence electrons. The Morgan fingerprint density at radius 1 is 1.08 bits per heavy atom. The van der Waals surface area contributed by atoms with E-state index in [1.165, 1.54) is 5.56 Å². The summed E-state index contributed by atoms with van der Waals surface area (Å²) in [5, 5.41) is 6.00. The fourth-order valence-corrected chi connectivity index (χ4v) is 2.17. The van der Waals surface area contributed by atoms with Gasteiger partial charge in [0.25, 0.3) is 5.91 Å². The fourth-order valence-electron chi connectivity index (χ4n) is 2.17. The van der Waals surface area contributed by atoms with Crippen LogP contribution in [-0.4, -0.2) is 22.4 Å². The van der Waals surface area contributed by atoms with Gasteiger partial charge in [0.15, 0.2) is 0 Å². The van der Waals surface area contributed by atoms with E-state index in [1.54, 1.807) is 12.4 Å². The maximum Gasteiger partial charge on any atom is 0.258 e. The van der Waals surface area contributed by atoms with Crippen LogP contribution in [0.1, 0.15) is 56.5 Å². The highest BCUT2D eigenvalue weighted by Gasteiger charge is 2.13. The van der Waals surface area contributed by atoms with Crippen LogP contribution in [0.15, 0.2) is 36.7 Å². The molecular weight excluding hydrogens is 300 g/mol. The van der Waals surface area contributed by atoms with Crippen molar-refractivity contribution in [2.75, 3.05) is 17.2 Å². The van der Waals surface area contributed by atoms with E-state index >= 15 is 0 Å². The molecule has 5 nitrogen and oxygen atoms in total. The Hall–Kier alpha value is -2.43. The first-order chi connectivity index (χ1) is 11.4. The van der Waals surface area contributed by atoms with Crippen molar-refractivity contribution in [3.63, 3.8) is 0 Å². The molecule has 0 radical (unpaired) electrons. The number of anilines is 2. The van der Waals surface area contributed by atoms with Crippen LogP contribution in [0.3, 0.4) is 0 Å². The van der Waals surface area contributed by atoms with Crippen LogP contribution < -0.4 is 10.6 Å². The van der Waals surface area contributed by atoms with E-state index < -0.39 is 0 Å². The second-order valence-corrected chi connectivity index (χ2v) is 6.86. The number of nitrogens with zero attached hydrogens (tertiary/aromatic N) is 2. The summed E-state index contributed by atoms with van der Waals surface area (Å²) >= 11 is 0. The lowest BCUT2D eigenvalue weighted by atomic mass is 9.87. The number of hydrogen-bond acceptors (Lipinski definition) is 4. The Morgan fingerprint density at radius 3 is 2.25 bits per heavy atom. The molecule has 2 N–H and O–H groups in total. The third kappa shape index (κ3) is 5.05. The Bertz CT molecular complexity index is 657. The van der Waals surface area contributed by atoms with Gasteiger partial charge < -0.3 is 10.6 Å². The van der Waals surface area contributed by atoms with E-state index in [0.717, 1.165) is 25.1 Å². The van der Waals surface area contributed by atoms with Crippen LogP contribution in [0.5, 0.6) is 0 Å². The average Bonchev–Trinajstić information content (AvgIpc) is 2.55. The zero-order valence-electron chi connectivity index (χ0n) is 14.9. The second-order valence-electron chi connectivity index (χ2n) is 6.86. The van der Waals surface area contributed by atoms with Crippen LogP contribution in [0.25, 0.3) is 0 Å². The highest BCUT2D eigenvalue weighted by atomic mass is 16.1. The Labute approximate surface area is 143 Å². The van der Waals surface area contributed by atoms with Crippen molar-refractivity contribution in [3.8, 4) is 0 Å². The summed E-state index contributed by atoms with van der Waals surface area (Å²) in [6.45, 7) is 9.45. The highest BCUT2D eigenvalue weighted by Crippen LogP contribution is 2.23. The molecule has 0 aliphatic rings. The normalized spacial score (nSPS) is 11.2. The van der Waals surface area contributed by atoms with Crippen molar-refractivity contribution in [1.82, 2.24) is 9.97 Å². The molecule has 0 fully saturated rings.